The number of hydrogen-bond acceptors (Lipinski definition) is 8. The van der Waals surface area contributed by atoms with Crippen molar-refractivity contribution in [2.75, 3.05) is 6.54 Å². The van der Waals surface area contributed by atoms with E-state index in [2.05, 4.69) is 37.5 Å². The quantitative estimate of drug-likeness (QED) is 0.0818. The molecule has 2 heterocycles. The molecule has 0 unspecified atom stereocenters. The Bertz CT molecular complexity index is 1430. The Hall–Kier alpha value is -4.29. The number of hydrogen-bond donors (Lipinski definition) is 4. The van der Waals surface area contributed by atoms with Gasteiger partial charge in [0, 0.05) is 18.5 Å². The number of esters is 1. The van der Waals surface area contributed by atoms with Crippen LogP contribution in [0.5, 0.6) is 5.88 Å². The van der Waals surface area contributed by atoms with Crippen LogP contribution in [0.4, 0.5) is 0 Å². The Morgan fingerprint density at radius 1 is 1.12 bits per heavy atom. The molecule has 12 nitrogen and oxygen atoms in total. The Labute approximate surface area is 237 Å². The number of carbonyl (C=O) groups is 1. The fourth-order valence-corrected chi connectivity index (χ4v) is 4.46. The minimum Gasteiger partial charge on any atom is -0.405 e. The second-order valence-corrected chi connectivity index (χ2v) is 9.63. The van der Waals surface area contributed by atoms with E-state index < -0.39 is 12.0 Å². The van der Waals surface area contributed by atoms with Crippen LogP contribution in [0, 0.1) is 0 Å². The molecule has 4 aromatic rings. The monoisotopic (exact) mass is 564 g/mol. The number of benzene rings is 2. The first-order valence-corrected chi connectivity index (χ1v) is 13.4. The van der Waals surface area contributed by atoms with Crippen LogP contribution in [0.15, 0.2) is 53.5 Å². The summed E-state index contributed by atoms with van der Waals surface area (Å²) in [5.41, 5.74) is 20.6. The largest absolute Gasteiger partial charge is 0.405 e. The highest BCUT2D eigenvalue weighted by molar-refractivity contribution is 6.30. The highest BCUT2D eigenvalue weighted by Gasteiger charge is 2.23. The first-order chi connectivity index (χ1) is 19.4. The van der Waals surface area contributed by atoms with Gasteiger partial charge in [0.25, 0.3) is 0 Å². The minimum absolute atomic E-state index is 0.00402. The molecule has 0 amide bonds. The number of nitrogens with zero attached hydrogens (tertiary/aromatic N) is 6. The summed E-state index contributed by atoms with van der Waals surface area (Å²) in [5.74, 6) is 0.847. The second-order valence-electron chi connectivity index (χ2n) is 9.27. The van der Waals surface area contributed by atoms with Crippen molar-refractivity contribution in [1.82, 2.24) is 30.2 Å². The summed E-state index contributed by atoms with van der Waals surface area (Å²) >= 11 is 6.46. The third-order valence-electron chi connectivity index (χ3n) is 6.30. The molecule has 0 spiro atoms. The van der Waals surface area contributed by atoms with E-state index in [0.29, 0.717) is 38.2 Å². The number of imidazole rings is 1. The number of aromatic nitrogens is 6. The predicted molar refractivity (Wildman–Crippen MR) is 154 cm³/mol. The maximum Gasteiger partial charge on any atom is 0.329 e. The van der Waals surface area contributed by atoms with Gasteiger partial charge in [0.1, 0.15) is 11.9 Å². The predicted octanol–water partition coefficient (Wildman–Crippen LogP) is 3.06. The molecule has 0 saturated heterocycles. The van der Waals surface area contributed by atoms with E-state index in [9.17, 15) is 4.79 Å². The zero-order valence-electron chi connectivity index (χ0n) is 22.3. The van der Waals surface area contributed by atoms with E-state index in [4.69, 9.17) is 33.5 Å². The maximum absolute atomic E-state index is 12.8. The lowest BCUT2D eigenvalue weighted by Crippen LogP contribution is -2.35. The van der Waals surface area contributed by atoms with Crippen LogP contribution in [0.3, 0.4) is 0 Å². The van der Waals surface area contributed by atoms with Gasteiger partial charge in [0.15, 0.2) is 11.1 Å². The van der Waals surface area contributed by atoms with E-state index in [1.165, 1.54) is 0 Å². The van der Waals surface area contributed by atoms with Crippen molar-refractivity contribution in [2.45, 2.75) is 51.6 Å². The SMILES string of the molecule is CCCCc1nc(Cl)c(OC(=O)[C@H](N)CCCN=C(N)N)n1Cc1ccc(-c2ccccc2-c2nn[nH]n2)cc1. The number of aliphatic imine (C=N–C) groups is 1. The summed E-state index contributed by atoms with van der Waals surface area (Å²) in [5, 5.41) is 14.5. The van der Waals surface area contributed by atoms with Gasteiger partial charge in [-0.3, -0.25) is 9.56 Å². The zero-order valence-corrected chi connectivity index (χ0v) is 23.0. The number of nitrogens with one attached hydrogen (secondary N) is 1. The molecule has 0 fully saturated rings. The molecule has 0 bridgehead atoms. The van der Waals surface area contributed by atoms with Gasteiger partial charge in [-0.2, -0.15) is 5.21 Å². The van der Waals surface area contributed by atoms with Crippen molar-refractivity contribution < 1.29 is 9.53 Å². The normalized spacial score (nSPS) is 11.8. The third-order valence-corrected chi connectivity index (χ3v) is 6.55. The van der Waals surface area contributed by atoms with Crippen LogP contribution in [0.1, 0.15) is 44.0 Å². The summed E-state index contributed by atoms with van der Waals surface area (Å²) in [6.45, 7) is 2.88. The molecule has 0 radical (unpaired) electrons. The molecule has 7 N–H and O–H groups in total. The smallest absolute Gasteiger partial charge is 0.329 e. The van der Waals surface area contributed by atoms with Crippen molar-refractivity contribution in [1.29, 1.82) is 0 Å². The topological polar surface area (TPSA) is 189 Å². The minimum atomic E-state index is -0.855. The molecule has 4 rings (SSSR count). The van der Waals surface area contributed by atoms with Crippen LogP contribution < -0.4 is 21.9 Å². The standard InChI is InChI=1S/C27H33ClN10O2/c1-2-3-10-22-33-23(28)25(40-26(39)21(29)9-6-15-32-27(30)31)38(22)16-17-11-13-18(14-12-17)19-7-4-5-8-20(19)24-34-36-37-35-24/h4-5,7-8,11-14,21H,2-3,6,9-10,15-16,29H2,1H3,(H4,30,31,32)(H,34,35,36,37)/t21-/m1/s1. The van der Waals surface area contributed by atoms with E-state index in [0.717, 1.165) is 40.9 Å². The van der Waals surface area contributed by atoms with Gasteiger partial charge in [0.2, 0.25) is 11.7 Å². The Morgan fingerprint density at radius 2 is 1.88 bits per heavy atom. The molecule has 40 heavy (non-hydrogen) atoms. The number of tetrazole rings is 1. The van der Waals surface area contributed by atoms with E-state index >= 15 is 0 Å². The number of rotatable bonds is 13. The Kier molecular flexibility index (Phi) is 9.81. The lowest BCUT2D eigenvalue weighted by molar-refractivity contribution is -0.136. The fraction of sp³-hybridized carbons (Fsp3) is 0.333. The summed E-state index contributed by atoms with van der Waals surface area (Å²) < 4.78 is 7.53. The highest BCUT2D eigenvalue weighted by atomic mass is 35.5. The molecular weight excluding hydrogens is 532 g/mol. The highest BCUT2D eigenvalue weighted by Crippen LogP contribution is 2.31. The number of guanidine groups is 1. The van der Waals surface area contributed by atoms with E-state index in [-0.39, 0.29) is 17.0 Å². The first-order valence-electron chi connectivity index (χ1n) is 13.1. The van der Waals surface area contributed by atoms with Crippen molar-refractivity contribution >= 4 is 23.5 Å². The summed E-state index contributed by atoms with van der Waals surface area (Å²) in [7, 11) is 0. The molecule has 210 valence electrons. The van der Waals surface area contributed by atoms with Gasteiger partial charge in [-0.1, -0.05) is 73.5 Å². The number of nitrogens with two attached hydrogens (primary N) is 3. The van der Waals surface area contributed by atoms with Gasteiger partial charge in [-0.15, -0.1) is 10.2 Å². The summed E-state index contributed by atoms with van der Waals surface area (Å²) in [6, 6.07) is 15.1. The molecular formula is C27H33ClN10O2. The van der Waals surface area contributed by atoms with Crippen LogP contribution in [-0.4, -0.2) is 54.7 Å². The molecule has 0 aliphatic heterocycles. The number of H-pyrrole nitrogens is 1. The zero-order chi connectivity index (χ0) is 28.5. The van der Waals surface area contributed by atoms with Gasteiger partial charge in [-0.05, 0) is 41.2 Å². The van der Waals surface area contributed by atoms with Crippen LogP contribution in [-0.2, 0) is 17.8 Å². The number of carbonyl (C=O) groups excluding carboxylic acids is 1. The summed E-state index contributed by atoms with van der Waals surface area (Å²) in [6.07, 6.45) is 3.47. The average molecular weight is 565 g/mol. The molecule has 1 atom stereocenters. The average Bonchev–Trinajstić information content (AvgIpc) is 3.59. The number of aromatic amines is 1. The lowest BCUT2D eigenvalue weighted by Gasteiger charge is -2.15. The second kappa shape index (κ2) is 13.7. The summed E-state index contributed by atoms with van der Waals surface area (Å²) in [4.78, 5) is 21.2. The third kappa shape index (κ3) is 7.21. The Morgan fingerprint density at radius 3 is 2.55 bits per heavy atom. The molecule has 0 aliphatic rings. The Balaban J connectivity index is 1.54. The van der Waals surface area contributed by atoms with Crippen LogP contribution in [0.2, 0.25) is 5.15 Å². The van der Waals surface area contributed by atoms with E-state index in [1.54, 1.807) is 0 Å². The van der Waals surface area contributed by atoms with Crippen molar-refractivity contribution in [3.63, 3.8) is 0 Å². The van der Waals surface area contributed by atoms with E-state index in [1.807, 2.05) is 53.1 Å². The van der Waals surface area contributed by atoms with Crippen LogP contribution >= 0.6 is 11.6 Å². The van der Waals surface area contributed by atoms with Crippen molar-refractivity contribution in [3.05, 3.63) is 65.1 Å². The van der Waals surface area contributed by atoms with Crippen molar-refractivity contribution in [3.8, 4) is 28.4 Å². The molecule has 13 heteroatoms. The van der Waals surface area contributed by atoms with Gasteiger partial charge >= 0.3 is 5.97 Å². The number of unbranched alkanes of at least 4 members (excludes halogenated alkanes) is 1. The lowest BCUT2D eigenvalue weighted by atomic mass is 9.98. The molecule has 0 aliphatic carbocycles. The molecule has 2 aromatic carbocycles. The number of ether oxygens (including phenoxy) is 1. The van der Waals surface area contributed by atoms with Gasteiger partial charge in [0.05, 0.1) is 6.54 Å². The molecule has 2 aromatic heterocycles. The van der Waals surface area contributed by atoms with Gasteiger partial charge in [-0.25, -0.2) is 9.78 Å². The maximum atomic E-state index is 12.8. The van der Waals surface area contributed by atoms with Crippen LogP contribution in [0.25, 0.3) is 22.5 Å². The number of halogens is 1. The fourth-order valence-electron chi connectivity index (χ4n) is 4.22. The van der Waals surface area contributed by atoms with Gasteiger partial charge < -0.3 is 21.9 Å². The number of aryl methyl sites for hydroxylation is 1. The van der Waals surface area contributed by atoms with Crippen molar-refractivity contribution in [2.24, 2.45) is 22.2 Å². The molecule has 0 saturated carbocycles. The first kappa shape index (κ1) is 28.7.